The molecular formula is C15H15N5O2. The molecule has 0 atom stereocenters. The number of hydrogen-bond acceptors (Lipinski definition) is 5. The van der Waals surface area contributed by atoms with Gasteiger partial charge in [-0.3, -0.25) is 14.8 Å². The summed E-state index contributed by atoms with van der Waals surface area (Å²) in [6.45, 7) is 4.49. The zero-order chi connectivity index (χ0) is 15.5. The summed E-state index contributed by atoms with van der Waals surface area (Å²) in [7, 11) is 0. The number of carbonyl (C=O) groups is 1. The molecule has 1 N–H and O–H groups in total. The highest BCUT2D eigenvalue weighted by molar-refractivity contribution is 6.01. The molecule has 3 aromatic rings. The van der Waals surface area contributed by atoms with Crippen LogP contribution in [0.15, 0.2) is 40.9 Å². The van der Waals surface area contributed by atoms with Gasteiger partial charge in [-0.25, -0.2) is 0 Å². The van der Waals surface area contributed by atoms with Crippen LogP contribution in [0.1, 0.15) is 23.0 Å². The first-order chi connectivity index (χ1) is 10.7. The number of amides is 1. The fourth-order valence-corrected chi connectivity index (χ4v) is 2.11. The molecule has 0 radical (unpaired) electrons. The highest BCUT2D eigenvalue weighted by Gasteiger charge is 2.15. The van der Waals surface area contributed by atoms with E-state index in [4.69, 9.17) is 4.42 Å². The normalized spacial score (nSPS) is 10.6. The Bertz CT molecular complexity index is 806. The van der Waals surface area contributed by atoms with Crippen LogP contribution in [0.2, 0.25) is 0 Å². The topological polar surface area (TPSA) is 85.8 Å². The largest absolute Gasteiger partial charge is 0.403 e. The summed E-state index contributed by atoms with van der Waals surface area (Å²) in [5.74, 6) is 0.0294. The summed E-state index contributed by atoms with van der Waals surface area (Å²) in [4.78, 5) is 12.2. The first-order valence-electron chi connectivity index (χ1n) is 6.91. The molecule has 22 heavy (non-hydrogen) atoms. The molecule has 0 aliphatic rings. The molecule has 0 aliphatic heterocycles. The number of carbonyl (C=O) groups excluding carboxylic acids is 1. The summed E-state index contributed by atoms with van der Waals surface area (Å²) >= 11 is 0. The van der Waals surface area contributed by atoms with Crippen molar-refractivity contribution in [2.24, 2.45) is 0 Å². The Morgan fingerprint density at radius 2 is 2.18 bits per heavy atom. The van der Waals surface area contributed by atoms with E-state index in [0.717, 1.165) is 11.1 Å². The van der Waals surface area contributed by atoms with Gasteiger partial charge in [0.2, 0.25) is 5.89 Å². The van der Waals surface area contributed by atoms with Crippen molar-refractivity contribution in [3.63, 3.8) is 0 Å². The molecule has 1 aromatic carbocycles. The second kappa shape index (κ2) is 5.80. The summed E-state index contributed by atoms with van der Waals surface area (Å²) in [5.41, 5.74) is 2.34. The number of nitrogens with one attached hydrogen (secondary N) is 1. The second-order valence-electron chi connectivity index (χ2n) is 4.77. The molecule has 0 bridgehead atoms. The lowest BCUT2D eigenvalue weighted by Gasteiger charge is -2.02. The van der Waals surface area contributed by atoms with Crippen molar-refractivity contribution in [3.8, 4) is 11.5 Å². The Morgan fingerprint density at radius 1 is 1.32 bits per heavy atom. The molecule has 0 fully saturated rings. The molecule has 0 saturated carbocycles. The Labute approximate surface area is 127 Å². The van der Waals surface area contributed by atoms with E-state index in [2.05, 4.69) is 20.6 Å². The third kappa shape index (κ3) is 2.73. The van der Waals surface area contributed by atoms with Gasteiger partial charge in [-0.2, -0.15) is 5.10 Å². The maximum atomic E-state index is 12.2. The average molecular weight is 297 g/mol. The van der Waals surface area contributed by atoms with Crippen molar-refractivity contribution in [1.82, 2.24) is 20.0 Å². The van der Waals surface area contributed by atoms with Crippen molar-refractivity contribution >= 4 is 11.9 Å². The van der Waals surface area contributed by atoms with Crippen LogP contribution < -0.4 is 5.32 Å². The predicted molar refractivity (Wildman–Crippen MR) is 80.3 cm³/mol. The second-order valence-corrected chi connectivity index (χ2v) is 4.77. The predicted octanol–water partition coefficient (Wildman–Crippen LogP) is 2.51. The molecular weight excluding hydrogens is 282 g/mol. The molecule has 7 nitrogen and oxygen atoms in total. The first-order valence-corrected chi connectivity index (χ1v) is 6.91. The average Bonchev–Trinajstić information content (AvgIpc) is 3.15. The monoisotopic (exact) mass is 297 g/mol. The van der Waals surface area contributed by atoms with Gasteiger partial charge in [0, 0.05) is 18.3 Å². The molecule has 3 rings (SSSR count). The summed E-state index contributed by atoms with van der Waals surface area (Å²) in [6, 6.07) is 9.40. The van der Waals surface area contributed by atoms with Gasteiger partial charge in [-0.1, -0.05) is 22.8 Å². The standard InChI is InChI=1S/C15H15N5O2/c1-3-20-12(7-8-16-20)13(21)17-15-19-18-14(22-15)11-6-4-5-10(2)9-11/h4-9H,3H2,1-2H3,(H,17,19,21). The van der Waals surface area contributed by atoms with E-state index in [0.29, 0.717) is 18.1 Å². The number of aromatic nitrogens is 4. The van der Waals surface area contributed by atoms with E-state index in [9.17, 15) is 4.79 Å². The summed E-state index contributed by atoms with van der Waals surface area (Å²) < 4.78 is 7.07. The first kappa shape index (κ1) is 14.0. The van der Waals surface area contributed by atoms with Gasteiger partial charge >= 0.3 is 6.01 Å². The molecule has 2 aromatic heterocycles. The zero-order valence-electron chi connectivity index (χ0n) is 12.3. The van der Waals surface area contributed by atoms with Crippen molar-refractivity contribution < 1.29 is 9.21 Å². The van der Waals surface area contributed by atoms with Crippen LogP contribution in [0, 0.1) is 6.92 Å². The minimum absolute atomic E-state index is 0.0605. The zero-order valence-corrected chi connectivity index (χ0v) is 12.3. The summed E-state index contributed by atoms with van der Waals surface area (Å²) in [6.07, 6.45) is 1.57. The SMILES string of the molecule is CCn1nccc1C(=O)Nc1nnc(-c2cccc(C)c2)o1. The van der Waals surface area contributed by atoms with Gasteiger partial charge in [0.15, 0.2) is 0 Å². The number of anilines is 1. The van der Waals surface area contributed by atoms with Crippen LogP contribution in [-0.2, 0) is 6.54 Å². The molecule has 1 amide bonds. The third-order valence-electron chi connectivity index (χ3n) is 3.16. The molecule has 0 unspecified atom stereocenters. The highest BCUT2D eigenvalue weighted by Crippen LogP contribution is 2.20. The smallest absolute Gasteiger partial charge is 0.322 e. The van der Waals surface area contributed by atoms with Crippen LogP contribution >= 0.6 is 0 Å². The minimum Gasteiger partial charge on any atom is -0.403 e. The van der Waals surface area contributed by atoms with E-state index in [1.807, 2.05) is 38.1 Å². The molecule has 0 spiro atoms. The highest BCUT2D eigenvalue weighted by atomic mass is 16.4. The van der Waals surface area contributed by atoms with Crippen LogP contribution in [0.25, 0.3) is 11.5 Å². The van der Waals surface area contributed by atoms with Crippen LogP contribution in [-0.4, -0.2) is 25.9 Å². The molecule has 0 aliphatic carbocycles. The van der Waals surface area contributed by atoms with E-state index in [-0.39, 0.29) is 11.9 Å². The van der Waals surface area contributed by atoms with Crippen LogP contribution in [0.4, 0.5) is 6.01 Å². The Hall–Kier alpha value is -2.96. The van der Waals surface area contributed by atoms with Gasteiger partial charge in [0.1, 0.15) is 5.69 Å². The fourth-order valence-electron chi connectivity index (χ4n) is 2.11. The van der Waals surface area contributed by atoms with E-state index in [1.54, 1.807) is 16.9 Å². The van der Waals surface area contributed by atoms with Crippen LogP contribution in [0.3, 0.4) is 0 Å². The lowest BCUT2D eigenvalue weighted by molar-refractivity contribution is 0.101. The number of hydrogen-bond donors (Lipinski definition) is 1. The Morgan fingerprint density at radius 3 is 2.95 bits per heavy atom. The minimum atomic E-state index is -0.334. The van der Waals surface area contributed by atoms with Gasteiger partial charge in [-0.05, 0) is 32.0 Å². The van der Waals surface area contributed by atoms with Gasteiger partial charge < -0.3 is 4.42 Å². The van der Waals surface area contributed by atoms with Gasteiger partial charge in [0.25, 0.3) is 5.91 Å². The van der Waals surface area contributed by atoms with Crippen molar-refractivity contribution in [2.45, 2.75) is 20.4 Å². The van der Waals surface area contributed by atoms with E-state index < -0.39 is 0 Å². The van der Waals surface area contributed by atoms with Gasteiger partial charge in [-0.15, -0.1) is 5.10 Å². The number of nitrogens with zero attached hydrogens (tertiary/aromatic N) is 4. The number of aryl methyl sites for hydroxylation is 2. The van der Waals surface area contributed by atoms with E-state index >= 15 is 0 Å². The quantitative estimate of drug-likeness (QED) is 0.799. The van der Waals surface area contributed by atoms with Crippen LogP contribution in [0.5, 0.6) is 0 Å². The third-order valence-corrected chi connectivity index (χ3v) is 3.16. The summed E-state index contributed by atoms with van der Waals surface area (Å²) in [5, 5.41) is 14.4. The maximum Gasteiger partial charge on any atom is 0.322 e. The van der Waals surface area contributed by atoms with Crippen molar-refractivity contribution in [1.29, 1.82) is 0 Å². The Balaban J connectivity index is 1.79. The van der Waals surface area contributed by atoms with Crippen molar-refractivity contribution in [2.75, 3.05) is 5.32 Å². The van der Waals surface area contributed by atoms with Gasteiger partial charge in [0.05, 0.1) is 0 Å². The fraction of sp³-hybridized carbons (Fsp3) is 0.200. The van der Waals surface area contributed by atoms with E-state index in [1.165, 1.54) is 0 Å². The lowest BCUT2D eigenvalue weighted by atomic mass is 10.1. The molecule has 2 heterocycles. The maximum absolute atomic E-state index is 12.2. The molecule has 7 heteroatoms. The number of rotatable bonds is 4. The molecule has 0 saturated heterocycles. The molecule has 112 valence electrons. The Kier molecular flexibility index (Phi) is 3.69. The lowest BCUT2D eigenvalue weighted by Crippen LogP contribution is -2.17. The van der Waals surface area contributed by atoms with Crippen molar-refractivity contribution in [3.05, 3.63) is 47.8 Å². The number of benzene rings is 1.